The summed E-state index contributed by atoms with van der Waals surface area (Å²) in [6.07, 6.45) is 1.45. The molecule has 0 saturated heterocycles. The van der Waals surface area contributed by atoms with E-state index >= 15 is 0 Å². The fourth-order valence-electron chi connectivity index (χ4n) is 1.83. The van der Waals surface area contributed by atoms with Crippen molar-refractivity contribution in [1.82, 2.24) is 0 Å². The molecule has 0 bridgehead atoms. The molecule has 0 fully saturated rings. The minimum absolute atomic E-state index is 0.0737. The van der Waals surface area contributed by atoms with Crippen molar-refractivity contribution in [2.75, 3.05) is 13.7 Å². The summed E-state index contributed by atoms with van der Waals surface area (Å²) in [7, 11) is 1.65. The predicted molar refractivity (Wildman–Crippen MR) is 71.5 cm³/mol. The van der Waals surface area contributed by atoms with E-state index in [4.69, 9.17) is 15.2 Å². The number of hydrogen-bond acceptors (Lipinski definition) is 4. The number of methoxy groups -OCH3 is 1. The second kappa shape index (κ2) is 8.08. The standard InChI is InChI=1S/C14H23NO3/c1-3-5-13(15)14(9-16)18-12-7-4-6-11(8-12)10-17-2/h4,6-8,13-14,16H,3,5,9-10,15H2,1-2H3. The van der Waals surface area contributed by atoms with E-state index in [9.17, 15) is 5.11 Å². The van der Waals surface area contributed by atoms with E-state index < -0.39 is 0 Å². The Morgan fingerprint density at radius 1 is 1.39 bits per heavy atom. The largest absolute Gasteiger partial charge is 0.486 e. The van der Waals surface area contributed by atoms with Gasteiger partial charge in [0.1, 0.15) is 11.9 Å². The Kier molecular flexibility index (Phi) is 6.72. The van der Waals surface area contributed by atoms with Crippen molar-refractivity contribution in [2.45, 2.75) is 38.5 Å². The molecule has 2 unspecified atom stereocenters. The van der Waals surface area contributed by atoms with Gasteiger partial charge in [-0.05, 0) is 24.1 Å². The predicted octanol–water partition coefficient (Wildman–Crippen LogP) is 1.70. The number of benzene rings is 1. The molecule has 0 heterocycles. The van der Waals surface area contributed by atoms with Crippen LogP contribution in [-0.4, -0.2) is 31.0 Å². The topological polar surface area (TPSA) is 64.7 Å². The lowest BCUT2D eigenvalue weighted by Gasteiger charge is -2.23. The van der Waals surface area contributed by atoms with Gasteiger partial charge in [-0.3, -0.25) is 0 Å². The van der Waals surface area contributed by atoms with Crippen molar-refractivity contribution in [1.29, 1.82) is 0 Å². The Bertz CT molecular complexity index is 344. The van der Waals surface area contributed by atoms with Crippen molar-refractivity contribution < 1.29 is 14.6 Å². The van der Waals surface area contributed by atoms with Crippen LogP contribution in [0.4, 0.5) is 0 Å². The number of nitrogens with two attached hydrogens (primary N) is 1. The first-order chi connectivity index (χ1) is 8.71. The highest BCUT2D eigenvalue weighted by Crippen LogP contribution is 2.17. The summed E-state index contributed by atoms with van der Waals surface area (Å²) in [5, 5.41) is 9.33. The van der Waals surface area contributed by atoms with Crippen LogP contribution in [0.2, 0.25) is 0 Å². The van der Waals surface area contributed by atoms with E-state index in [1.165, 1.54) is 0 Å². The fourth-order valence-corrected chi connectivity index (χ4v) is 1.83. The molecule has 0 aliphatic carbocycles. The first-order valence-electron chi connectivity index (χ1n) is 6.32. The normalized spacial score (nSPS) is 14.2. The van der Waals surface area contributed by atoms with Gasteiger partial charge in [-0.25, -0.2) is 0 Å². The molecule has 1 rings (SSSR count). The molecule has 18 heavy (non-hydrogen) atoms. The first kappa shape index (κ1) is 15.0. The smallest absolute Gasteiger partial charge is 0.137 e. The van der Waals surface area contributed by atoms with Crippen molar-refractivity contribution >= 4 is 0 Å². The average molecular weight is 253 g/mol. The molecule has 2 atom stereocenters. The summed E-state index contributed by atoms with van der Waals surface area (Å²) in [6.45, 7) is 2.53. The van der Waals surface area contributed by atoms with Crippen LogP contribution in [-0.2, 0) is 11.3 Å². The Morgan fingerprint density at radius 2 is 2.17 bits per heavy atom. The molecule has 0 aliphatic rings. The van der Waals surface area contributed by atoms with Gasteiger partial charge in [0.2, 0.25) is 0 Å². The van der Waals surface area contributed by atoms with Crippen LogP contribution >= 0.6 is 0 Å². The van der Waals surface area contributed by atoms with Gasteiger partial charge >= 0.3 is 0 Å². The molecular formula is C14H23NO3. The molecule has 1 aromatic carbocycles. The molecule has 4 heteroatoms. The first-order valence-corrected chi connectivity index (χ1v) is 6.32. The Labute approximate surface area is 109 Å². The van der Waals surface area contributed by atoms with Gasteiger partial charge in [0.15, 0.2) is 0 Å². The highest BCUT2D eigenvalue weighted by atomic mass is 16.5. The van der Waals surface area contributed by atoms with Crippen LogP contribution in [0.1, 0.15) is 25.3 Å². The van der Waals surface area contributed by atoms with Gasteiger partial charge in [0.05, 0.1) is 13.2 Å². The fraction of sp³-hybridized carbons (Fsp3) is 0.571. The zero-order valence-electron chi connectivity index (χ0n) is 11.1. The number of rotatable bonds is 8. The maximum Gasteiger partial charge on any atom is 0.137 e. The third-order valence-corrected chi connectivity index (χ3v) is 2.78. The van der Waals surface area contributed by atoms with Gasteiger partial charge in [-0.15, -0.1) is 0 Å². The summed E-state index contributed by atoms with van der Waals surface area (Å²) < 4.78 is 10.8. The van der Waals surface area contributed by atoms with Crippen LogP contribution in [0.15, 0.2) is 24.3 Å². The SMILES string of the molecule is CCCC(N)C(CO)Oc1cccc(COC)c1. The molecule has 4 nitrogen and oxygen atoms in total. The lowest BCUT2D eigenvalue weighted by Crippen LogP contribution is -2.41. The number of ether oxygens (including phenoxy) is 2. The van der Waals surface area contributed by atoms with Gasteiger partial charge in [0.25, 0.3) is 0 Å². The summed E-state index contributed by atoms with van der Waals surface area (Å²) >= 11 is 0. The Morgan fingerprint density at radius 3 is 2.78 bits per heavy atom. The van der Waals surface area contributed by atoms with Gasteiger partial charge in [-0.2, -0.15) is 0 Å². The van der Waals surface area contributed by atoms with Gasteiger partial charge < -0.3 is 20.3 Å². The monoisotopic (exact) mass is 253 g/mol. The number of aliphatic hydroxyl groups excluding tert-OH is 1. The van der Waals surface area contributed by atoms with E-state index in [0.717, 1.165) is 24.2 Å². The van der Waals surface area contributed by atoms with E-state index in [2.05, 4.69) is 6.92 Å². The van der Waals surface area contributed by atoms with Crippen LogP contribution in [0, 0.1) is 0 Å². The van der Waals surface area contributed by atoms with Crippen molar-refractivity contribution in [3.05, 3.63) is 29.8 Å². The number of aliphatic hydroxyl groups is 1. The van der Waals surface area contributed by atoms with Crippen molar-refractivity contribution in [3.63, 3.8) is 0 Å². The molecule has 0 spiro atoms. The van der Waals surface area contributed by atoms with Crippen LogP contribution in [0.3, 0.4) is 0 Å². The molecule has 102 valence electrons. The Hall–Kier alpha value is -1.10. The van der Waals surface area contributed by atoms with Crippen molar-refractivity contribution in [2.24, 2.45) is 5.73 Å². The third kappa shape index (κ3) is 4.64. The summed E-state index contributed by atoms with van der Waals surface area (Å²) in [4.78, 5) is 0. The molecule has 0 amide bonds. The van der Waals surface area contributed by atoms with Gasteiger partial charge in [0, 0.05) is 13.2 Å². The zero-order chi connectivity index (χ0) is 13.4. The molecular weight excluding hydrogens is 230 g/mol. The third-order valence-electron chi connectivity index (χ3n) is 2.78. The minimum Gasteiger partial charge on any atom is -0.486 e. The van der Waals surface area contributed by atoms with Gasteiger partial charge in [-0.1, -0.05) is 25.5 Å². The van der Waals surface area contributed by atoms with E-state index in [1.807, 2.05) is 24.3 Å². The lowest BCUT2D eigenvalue weighted by atomic mass is 10.1. The summed E-state index contributed by atoms with van der Waals surface area (Å²) in [5.41, 5.74) is 7.01. The quantitative estimate of drug-likeness (QED) is 0.740. The lowest BCUT2D eigenvalue weighted by molar-refractivity contribution is 0.0913. The molecule has 0 saturated carbocycles. The van der Waals surface area contributed by atoms with E-state index in [1.54, 1.807) is 7.11 Å². The van der Waals surface area contributed by atoms with Crippen molar-refractivity contribution in [3.8, 4) is 5.75 Å². The molecule has 0 radical (unpaired) electrons. The maximum atomic E-state index is 9.33. The Balaban J connectivity index is 2.66. The average Bonchev–Trinajstić information content (AvgIpc) is 2.37. The van der Waals surface area contributed by atoms with E-state index in [-0.39, 0.29) is 18.8 Å². The second-order valence-corrected chi connectivity index (χ2v) is 4.37. The highest BCUT2D eigenvalue weighted by molar-refractivity contribution is 5.28. The minimum atomic E-state index is -0.359. The zero-order valence-corrected chi connectivity index (χ0v) is 11.1. The molecule has 3 N–H and O–H groups in total. The molecule has 0 aliphatic heterocycles. The van der Waals surface area contributed by atoms with Crippen LogP contribution in [0.5, 0.6) is 5.75 Å². The summed E-state index contributed by atoms with van der Waals surface area (Å²) in [5.74, 6) is 0.718. The van der Waals surface area contributed by atoms with Crippen LogP contribution < -0.4 is 10.5 Å². The molecule has 0 aromatic heterocycles. The summed E-state index contributed by atoms with van der Waals surface area (Å²) in [6, 6.07) is 7.50. The van der Waals surface area contributed by atoms with Crippen LogP contribution in [0.25, 0.3) is 0 Å². The second-order valence-electron chi connectivity index (χ2n) is 4.37. The maximum absolute atomic E-state index is 9.33. The highest BCUT2D eigenvalue weighted by Gasteiger charge is 2.18. The number of hydrogen-bond donors (Lipinski definition) is 2. The van der Waals surface area contributed by atoms with E-state index in [0.29, 0.717) is 6.61 Å². The molecule has 1 aromatic rings.